The second kappa shape index (κ2) is 9.56. The third-order valence-electron chi connectivity index (χ3n) is 6.09. The van der Waals surface area contributed by atoms with Gasteiger partial charge in [0, 0.05) is 4.88 Å². The van der Waals surface area contributed by atoms with Crippen molar-refractivity contribution in [1.29, 1.82) is 0 Å². The summed E-state index contributed by atoms with van der Waals surface area (Å²) in [6.07, 6.45) is 0. The first-order valence-electron chi connectivity index (χ1n) is 11.2. The van der Waals surface area contributed by atoms with E-state index in [2.05, 4.69) is 10.6 Å². The molecule has 1 unspecified atom stereocenters. The van der Waals surface area contributed by atoms with Crippen molar-refractivity contribution in [3.8, 4) is 0 Å². The normalized spacial score (nSPS) is 15.5. The fourth-order valence-corrected chi connectivity index (χ4v) is 5.23. The highest BCUT2D eigenvalue weighted by Gasteiger charge is 2.54. The number of nitrogens with zero attached hydrogens (tertiary/aromatic N) is 1. The maximum atomic E-state index is 13.8. The van der Waals surface area contributed by atoms with Gasteiger partial charge in [0.15, 0.2) is 5.54 Å². The second-order valence-electron chi connectivity index (χ2n) is 8.23. The predicted octanol–water partition coefficient (Wildman–Crippen LogP) is 4.45. The van der Waals surface area contributed by atoms with Gasteiger partial charge >= 0.3 is 6.03 Å². The van der Waals surface area contributed by atoms with E-state index in [1.165, 1.54) is 11.3 Å². The van der Waals surface area contributed by atoms with Gasteiger partial charge in [-0.05, 0) is 28.1 Å². The SMILES string of the molecule is O=C(CN1C(=O)NC(c2ccccc2)(c2ccccc2)C1=O)NC(c1ccccc1)c1cccs1. The van der Waals surface area contributed by atoms with Crippen LogP contribution in [0.15, 0.2) is 109 Å². The van der Waals surface area contributed by atoms with Crippen LogP contribution in [-0.2, 0) is 15.1 Å². The molecule has 4 amide bonds. The lowest BCUT2D eigenvalue weighted by atomic mass is 9.82. The third-order valence-corrected chi connectivity index (χ3v) is 7.02. The van der Waals surface area contributed by atoms with E-state index in [4.69, 9.17) is 0 Å². The van der Waals surface area contributed by atoms with E-state index in [9.17, 15) is 14.4 Å². The van der Waals surface area contributed by atoms with Gasteiger partial charge in [0.1, 0.15) is 6.54 Å². The predicted molar refractivity (Wildman–Crippen MR) is 135 cm³/mol. The summed E-state index contributed by atoms with van der Waals surface area (Å²) in [5.41, 5.74) is 0.789. The fourth-order valence-electron chi connectivity index (χ4n) is 4.42. The number of hydrogen-bond donors (Lipinski definition) is 2. The average molecular weight is 482 g/mol. The van der Waals surface area contributed by atoms with Gasteiger partial charge in [-0.3, -0.25) is 14.5 Å². The summed E-state index contributed by atoms with van der Waals surface area (Å²) < 4.78 is 0. The van der Waals surface area contributed by atoms with Crippen LogP contribution in [0.2, 0.25) is 0 Å². The monoisotopic (exact) mass is 481 g/mol. The molecule has 4 aromatic rings. The van der Waals surface area contributed by atoms with Gasteiger partial charge < -0.3 is 10.6 Å². The Balaban J connectivity index is 1.43. The molecule has 0 radical (unpaired) electrons. The smallest absolute Gasteiger partial charge is 0.326 e. The van der Waals surface area contributed by atoms with Crippen LogP contribution in [-0.4, -0.2) is 29.3 Å². The number of nitrogens with one attached hydrogen (secondary N) is 2. The van der Waals surface area contributed by atoms with Crippen molar-refractivity contribution in [2.24, 2.45) is 0 Å². The lowest BCUT2D eigenvalue weighted by Crippen LogP contribution is -2.46. The minimum absolute atomic E-state index is 0.377. The van der Waals surface area contributed by atoms with E-state index < -0.39 is 23.4 Å². The molecular weight excluding hydrogens is 458 g/mol. The molecular formula is C28H23N3O3S. The zero-order valence-electron chi connectivity index (χ0n) is 18.8. The highest BCUT2D eigenvalue weighted by Crippen LogP contribution is 2.36. The molecule has 35 heavy (non-hydrogen) atoms. The number of imide groups is 1. The lowest BCUT2D eigenvalue weighted by Gasteiger charge is -2.28. The van der Waals surface area contributed by atoms with Crippen LogP contribution in [0.4, 0.5) is 4.79 Å². The lowest BCUT2D eigenvalue weighted by molar-refractivity contribution is -0.134. The number of benzene rings is 3. The summed E-state index contributed by atoms with van der Waals surface area (Å²) in [5, 5.41) is 7.83. The third kappa shape index (κ3) is 4.22. The number of amides is 4. The zero-order chi connectivity index (χ0) is 24.3. The van der Waals surface area contributed by atoms with Gasteiger partial charge in [-0.2, -0.15) is 0 Å². The van der Waals surface area contributed by atoms with Gasteiger partial charge in [-0.15, -0.1) is 11.3 Å². The molecule has 1 aromatic heterocycles. The Morgan fingerprint density at radius 1 is 0.829 bits per heavy atom. The molecule has 3 aromatic carbocycles. The van der Waals surface area contributed by atoms with Gasteiger partial charge in [0.25, 0.3) is 5.91 Å². The van der Waals surface area contributed by atoms with Crippen molar-refractivity contribution in [2.75, 3.05) is 6.54 Å². The van der Waals surface area contributed by atoms with Gasteiger partial charge in [-0.25, -0.2) is 4.79 Å². The van der Waals surface area contributed by atoms with E-state index >= 15 is 0 Å². The highest BCUT2D eigenvalue weighted by molar-refractivity contribution is 7.10. The van der Waals surface area contributed by atoms with E-state index in [1.54, 1.807) is 24.3 Å². The molecule has 1 fully saturated rings. The summed E-state index contributed by atoms with van der Waals surface area (Å²) >= 11 is 1.53. The number of thiophene rings is 1. The number of rotatable bonds is 7. The molecule has 0 spiro atoms. The topological polar surface area (TPSA) is 78.5 Å². The Morgan fingerprint density at radius 3 is 1.94 bits per heavy atom. The van der Waals surface area contributed by atoms with Crippen molar-refractivity contribution in [2.45, 2.75) is 11.6 Å². The molecule has 1 aliphatic rings. The van der Waals surface area contributed by atoms with Gasteiger partial charge in [0.05, 0.1) is 6.04 Å². The first-order chi connectivity index (χ1) is 17.1. The summed E-state index contributed by atoms with van der Waals surface area (Å²) in [6.45, 7) is -0.388. The van der Waals surface area contributed by atoms with Crippen molar-refractivity contribution in [3.05, 3.63) is 130 Å². The van der Waals surface area contributed by atoms with Crippen LogP contribution in [0, 0.1) is 0 Å². The quantitative estimate of drug-likeness (QED) is 0.383. The van der Waals surface area contributed by atoms with E-state index in [-0.39, 0.29) is 12.6 Å². The van der Waals surface area contributed by atoms with E-state index in [1.807, 2.05) is 84.2 Å². The minimum atomic E-state index is -1.40. The highest BCUT2D eigenvalue weighted by atomic mass is 32.1. The largest absolute Gasteiger partial charge is 0.343 e. The van der Waals surface area contributed by atoms with Crippen molar-refractivity contribution < 1.29 is 14.4 Å². The van der Waals surface area contributed by atoms with Crippen molar-refractivity contribution in [3.63, 3.8) is 0 Å². The molecule has 1 aliphatic heterocycles. The molecule has 2 N–H and O–H groups in total. The van der Waals surface area contributed by atoms with Crippen LogP contribution in [0.3, 0.4) is 0 Å². The Kier molecular flexibility index (Phi) is 6.16. The van der Waals surface area contributed by atoms with Crippen LogP contribution < -0.4 is 10.6 Å². The average Bonchev–Trinajstić information content (AvgIpc) is 3.52. The molecule has 1 atom stereocenters. The zero-order valence-corrected chi connectivity index (χ0v) is 19.6. The maximum absolute atomic E-state index is 13.8. The number of carbonyl (C=O) groups excluding carboxylic acids is 3. The Labute approximate surface area is 207 Å². The number of hydrogen-bond acceptors (Lipinski definition) is 4. The van der Waals surface area contributed by atoms with Gasteiger partial charge in [0.2, 0.25) is 5.91 Å². The molecule has 6 nitrogen and oxygen atoms in total. The van der Waals surface area contributed by atoms with Gasteiger partial charge in [-0.1, -0.05) is 97.1 Å². The van der Waals surface area contributed by atoms with Crippen LogP contribution >= 0.6 is 11.3 Å². The van der Waals surface area contributed by atoms with Crippen LogP contribution in [0.25, 0.3) is 0 Å². The molecule has 5 rings (SSSR count). The van der Waals surface area contributed by atoms with Crippen LogP contribution in [0.1, 0.15) is 27.6 Å². The maximum Gasteiger partial charge on any atom is 0.326 e. The first kappa shape index (κ1) is 22.6. The molecule has 1 saturated heterocycles. The molecule has 174 valence electrons. The van der Waals surface area contributed by atoms with E-state index in [0.717, 1.165) is 15.3 Å². The second-order valence-corrected chi connectivity index (χ2v) is 9.21. The molecule has 0 aliphatic carbocycles. The summed E-state index contributed by atoms with van der Waals surface area (Å²) in [7, 11) is 0. The summed E-state index contributed by atoms with van der Waals surface area (Å²) in [6, 6.07) is 30.7. The summed E-state index contributed by atoms with van der Waals surface area (Å²) in [5.74, 6) is -0.907. The number of carbonyl (C=O) groups is 3. The van der Waals surface area contributed by atoms with Crippen molar-refractivity contribution in [1.82, 2.24) is 15.5 Å². The summed E-state index contributed by atoms with van der Waals surface area (Å²) in [4.78, 5) is 42.0. The minimum Gasteiger partial charge on any atom is -0.343 e. The fraction of sp³-hybridized carbons (Fsp3) is 0.107. The molecule has 0 bridgehead atoms. The Bertz CT molecular complexity index is 1290. The first-order valence-corrected chi connectivity index (χ1v) is 12.1. The van der Waals surface area contributed by atoms with Crippen LogP contribution in [0.5, 0.6) is 0 Å². The standard InChI is InChI=1S/C28H23N3O3S/c32-24(29-25(23-17-10-18-35-23)20-11-4-1-5-12-20)19-31-26(33)28(30-27(31)34,21-13-6-2-7-14-21)22-15-8-3-9-16-22/h1-18,25H,19H2,(H,29,32)(H,30,34). The number of urea groups is 1. The Hall–Kier alpha value is -4.23. The van der Waals surface area contributed by atoms with Crippen molar-refractivity contribution >= 4 is 29.2 Å². The van der Waals surface area contributed by atoms with E-state index in [0.29, 0.717) is 11.1 Å². The molecule has 2 heterocycles. The Morgan fingerprint density at radius 2 is 1.40 bits per heavy atom. The molecule has 7 heteroatoms. The molecule has 0 saturated carbocycles.